The second-order valence-corrected chi connectivity index (χ2v) is 12.3. The third kappa shape index (κ3) is 5.89. The number of fused-ring (bicyclic) bond motifs is 1. The first-order chi connectivity index (χ1) is 19.8. The number of hydrogen-bond acceptors (Lipinski definition) is 5. The van der Waals surface area contributed by atoms with Crippen LogP contribution in [0.3, 0.4) is 0 Å². The summed E-state index contributed by atoms with van der Waals surface area (Å²) in [5.74, 6) is 1.11. The van der Waals surface area contributed by atoms with E-state index >= 15 is 0 Å². The van der Waals surface area contributed by atoms with Crippen LogP contribution in [0.1, 0.15) is 56.0 Å². The average Bonchev–Trinajstić information content (AvgIpc) is 3.43. The van der Waals surface area contributed by atoms with Crippen molar-refractivity contribution < 1.29 is 9.53 Å². The minimum atomic E-state index is 0.291. The summed E-state index contributed by atoms with van der Waals surface area (Å²) in [7, 11) is 0. The van der Waals surface area contributed by atoms with E-state index in [2.05, 4.69) is 58.9 Å². The highest BCUT2D eigenvalue weighted by Gasteiger charge is 2.29. The van der Waals surface area contributed by atoms with Gasteiger partial charge in [0.05, 0.1) is 11.8 Å². The molecule has 1 N–H and O–H groups in total. The topological polar surface area (TPSA) is 61.5 Å². The van der Waals surface area contributed by atoms with Crippen molar-refractivity contribution in [1.29, 1.82) is 0 Å². The summed E-state index contributed by atoms with van der Waals surface area (Å²) >= 11 is 6.20. The fourth-order valence-corrected chi connectivity index (χ4v) is 5.99. The Kier molecular flexibility index (Phi) is 7.35. The summed E-state index contributed by atoms with van der Waals surface area (Å²) < 4.78 is 6.16. The standard InChI is InChI=1S/C34H35ClN4O2/c1-23-20-39(29-9-6-27(22-40)32(17-29)41-30-16-25-11-13-36-33(25)37-19-30)15-14-38(23)21-26-10-12-34(2,3)18-31(26)24-4-7-28(35)8-5-24/h4-9,11,13,16-17,19-20,22H,10,12,14-15,18,21H2,1-3H3,(H,36,37). The van der Waals surface area contributed by atoms with Crippen LogP contribution in [0.4, 0.5) is 5.69 Å². The highest BCUT2D eigenvalue weighted by molar-refractivity contribution is 6.30. The normalized spacial score (nSPS) is 17.1. The maximum Gasteiger partial charge on any atom is 0.153 e. The number of hydrogen-bond donors (Lipinski definition) is 1. The second-order valence-electron chi connectivity index (χ2n) is 11.8. The molecule has 41 heavy (non-hydrogen) atoms. The zero-order valence-electron chi connectivity index (χ0n) is 23.8. The Morgan fingerprint density at radius 3 is 2.71 bits per heavy atom. The van der Waals surface area contributed by atoms with Gasteiger partial charge in [0.1, 0.15) is 17.1 Å². The summed E-state index contributed by atoms with van der Waals surface area (Å²) in [4.78, 5) is 24.0. The van der Waals surface area contributed by atoms with Crippen LogP contribution >= 0.6 is 11.6 Å². The quantitative estimate of drug-likeness (QED) is 0.227. The summed E-state index contributed by atoms with van der Waals surface area (Å²) in [5.41, 5.74) is 8.06. The fraction of sp³-hybridized carbons (Fsp3) is 0.294. The van der Waals surface area contributed by atoms with E-state index in [-0.39, 0.29) is 0 Å². The van der Waals surface area contributed by atoms with Gasteiger partial charge in [-0.2, -0.15) is 0 Å². The molecule has 1 aliphatic carbocycles. The number of carbonyl (C=O) groups is 1. The van der Waals surface area contributed by atoms with Crippen LogP contribution < -0.4 is 9.64 Å². The molecule has 7 heteroatoms. The summed E-state index contributed by atoms with van der Waals surface area (Å²) in [5, 5.41) is 1.73. The van der Waals surface area contributed by atoms with Crippen molar-refractivity contribution in [2.45, 2.75) is 40.0 Å². The third-order valence-electron chi connectivity index (χ3n) is 8.27. The smallest absolute Gasteiger partial charge is 0.153 e. The number of H-pyrrole nitrogens is 1. The van der Waals surface area contributed by atoms with Gasteiger partial charge in [-0.05, 0) is 84.7 Å². The minimum absolute atomic E-state index is 0.291. The number of nitrogens with zero attached hydrogens (tertiary/aromatic N) is 3. The van der Waals surface area contributed by atoms with Crippen LogP contribution in [0.5, 0.6) is 11.5 Å². The number of rotatable bonds is 7. The molecular formula is C34H35ClN4O2. The highest BCUT2D eigenvalue weighted by Crippen LogP contribution is 2.43. The Morgan fingerprint density at radius 1 is 1.10 bits per heavy atom. The zero-order chi connectivity index (χ0) is 28.6. The lowest BCUT2D eigenvalue weighted by atomic mass is 9.72. The van der Waals surface area contributed by atoms with Gasteiger partial charge in [-0.1, -0.05) is 37.6 Å². The predicted octanol–water partition coefficient (Wildman–Crippen LogP) is 8.47. The predicted molar refractivity (Wildman–Crippen MR) is 167 cm³/mol. The van der Waals surface area contributed by atoms with Crippen LogP contribution in [0.25, 0.3) is 16.6 Å². The Morgan fingerprint density at radius 2 is 1.93 bits per heavy atom. The van der Waals surface area contributed by atoms with Crippen molar-refractivity contribution >= 4 is 40.2 Å². The molecule has 0 fully saturated rings. The second kappa shape index (κ2) is 11.1. The van der Waals surface area contributed by atoms with Crippen molar-refractivity contribution in [2.75, 3.05) is 24.5 Å². The van der Waals surface area contributed by atoms with Gasteiger partial charge < -0.3 is 19.5 Å². The SMILES string of the molecule is CC1=CN(c2ccc(C=O)c(Oc3cnc4[nH]ccc4c3)c2)CCN1CC1=C(c2ccc(Cl)cc2)CC(C)(C)CC1. The molecule has 2 aliphatic rings. The highest BCUT2D eigenvalue weighted by atomic mass is 35.5. The van der Waals surface area contributed by atoms with Gasteiger partial charge in [0.25, 0.3) is 0 Å². The number of allylic oxidation sites excluding steroid dienone is 2. The fourth-order valence-electron chi connectivity index (χ4n) is 5.87. The van der Waals surface area contributed by atoms with E-state index in [1.165, 1.54) is 28.8 Å². The summed E-state index contributed by atoms with van der Waals surface area (Å²) in [6.45, 7) is 9.58. The number of pyridine rings is 1. The molecule has 1 aliphatic heterocycles. The van der Waals surface area contributed by atoms with Gasteiger partial charge in [0.15, 0.2) is 6.29 Å². The molecule has 4 aromatic rings. The van der Waals surface area contributed by atoms with Crippen molar-refractivity contribution in [3.8, 4) is 11.5 Å². The Balaban J connectivity index is 1.23. The molecule has 2 aromatic carbocycles. The van der Waals surface area contributed by atoms with E-state index in [1.807, 2.05) is 48.7 Å². The maximum absolute atomic E-state index is 11.8. The van der Waals surface area contributed by atoms with Gasteiger partial charge in [0.2, 0.25) is 0 Å². The van der Waals surface area contributed by atoms with Crippen LogP contribution in [0.15, 0.2) is 84.5 Å². The monoisotopic (exact) mass is 566 g/mol. The number of aldehydes is 1. The number of carbonyl (C=O) groups excluding carboxylic acids is 1. The molecule has 6 rings (SSSR count). The molecular weight excluding hydrogens is 532 g/mol. The van der Waals surface area contributed by atoms with Gasteiger partial charge in [-0.15, -0.1) is 0 Å². The van der Waals surface area contributed by atoms with Crippen molar-refractivity contribution in [3.05, 3.63) is 101 Å². The van der Waals surface area contributed by atoms with E-state index in [0.717, 1.165) is 60.5 Å². The average molecular weight is 567 g/mol. The lowest BCUT2D eigenvalue weighted by molar-refractivity contribution is 0.112. The summed E-state index contributed by atoms with van der Waals surface area (Å²) in [6, 6.07) is 17.9. The van der Waals surface area contributed by atoms with Crippen molar-refractivity contribution in [1.82, 2.24) is 14.9 Å². The van der Waals surface area contributed by atoms with Gasteiger partial charge in [0, 0.05) is 59.9 Å². The van der Waals surface area contributed by atoms with Crippen molar-refractivity contribution in [3.63, 3.8) is 0 Å². The number of ether oxygens (including phenoxy) is 1. The Bertz CT molecular complexity index is 1650. The molecule has 0 atom stereocenters. The van der Waals surface area contributed by atoms with Crippen LogP contribution in [0, 0.1) is 5.41 Å². The lowest BCUT2D eigenvalue weighted by Gasteiger charge is -2.39. The van der Waals surface area contributed by atoms with Crippen molar-refractivity contribution in [2.24, 2.45) is 5.41 Å². The van der Waals surface area contributed by atoms with E-state index < -0.39 is 0 Å². The van der Waals surface area contributed by atoms with Gasteiger partial charge >= 0.3 is 0 Å². The number of anilines is 1. The van der Waals surface area contributed by atoms with E-state index in [0.29, 0.717) is 22.5 Å². The third-order valence-corrected chi connectivity index (χ3v) is 8.52. The summed E-state index contributed by atoms with van der Waals surface area (Å²) in [6.07, 6.45) is 9.92. The first-order valence-electron chi connectivity index (χ1n) is 14.2. The van der Waals surface area contributed by atoms with E-state index in [9.17, 15) is 4.79 Å². The molecule has 210 valence electrons. The molecule has 2 aromatic heterocycles. The number of aromatic amines is 1. The molecule has 0 amide bonds. The number of halogens is 1. The Labute approximate surface area is 246 Å². The van der Waals surface area contributed by atoms with Gasteiger partial charge in [-0.3, -0.25) is 4.79 Å². The largest absolute Gasteiger partial charge is 0.455 e. The number of benzene rings is 2. The molecule has 0 radical (unpaired) electrons. The molecule has 0 bridgehead atoms. The number of aromatic nitrogens is 2. The number of nitrogens with one attached hydrogen (secondary N) is 1. The van der Waals surface area contributed by atoms with Crippen LogP contribution in [-0.4, -0.2) is 40.8 Å². The maximum atomic E-state index is 11.8. The first-order valence-corrected chi connectivity index (χ1v) is 14.5. The van der Waals surface area contributed by atoms with Gasteiger partial charge in [-0.25, -0.2) is 4.98 Å². The first kappa shape index (κ1) is 27.2. The molecule has 0 saturated carbocycles. The molecule has 0 spiro atoms. The molecule has 0 saturated heterocycles. The van der Waals surface area contributed by atoms with E-state index in [1.54, 1.807) is 6.20 Å². The molecule has 3 heterocycles. The van der Waals surface area contributed by atoms with Crippen LogP contribution in [-0.2, 0) is 0 Å². The lowest BCUT2D eigenvalue weighted by Crippen LogP contribution is -2.39. The van der Waals surface area contributed by atoms with Crippen LogP contribution in [0.2, 0.25) is 5.02 Å². The molecule has 0 unspecified atom stereocenters. The zero-order valence-corrected chi connectivity index (χ0v) is 24.5. The van der Waals surface area contributed by atoms with E-state index in [4.69, 9.17) is 16.3 Å². The molecule has 6 nitrogen and oxygen atoms in total. The Hall–Kier alpha value is -4.03. The minimum Gasteiger partial charge on any atom is -0.455 e.